The number of aromatic nitrogens is 2. The molecule has 7 heteroatoms. The number of nitrogens with one attached hydrogen (secondary N) is 1. The third-order valence-corrected chi connectivity index (χ3v) is 2.57. The molecular weight excluding hydrogens is 256 g/mol. The van der Waals surface area contributed by atoms with Gasteiger partial charge in [0.2, 0.25) is 0 Å². The van der Waals surface area contributed by atoms with Crippen molar-refractivity contribution in [1.82, 2.24) is 9.97 Å². The van der Waals surface area contributed by atoms with E-state index in [2.05, 4.69) is 15.3 Å². The van der Waals surface area contributed by atoms with Crippen LogP contribution in [0.5, 0.6) is 0 Å². The van der Waals surface area contributed by atoms with Gasteiger partial charge in [-0.2, -0.15) is 0 Å². The van der Waals surface area contributed by atoms with E-state index in [9.17, 15) is 10.1 Å². The predicted octanol–water partition coefficient (Wildman–Crippen LogP) is 2.65. The molecule has 0 unspecified atom stereocenters. The first kappa shape index (κ1) is 12.3. The Morgan fingerprint density at radius 2 is 2.06 bits per heavy atom. The van der Waals surface area contributed by atoms with E-state index < -0.39 is 4.92 Å². The highest BCUT2D eigenvalue weighted by molar-refractivity contribution is 6.33. The second kappa shape index (κ2) is 5.42. The fourth-order valence-corrected chi connectivity index (χ4v) is 1.62. The first-order valence-corrected chi connectivity index (χ1v) is 5.46. The molecule has 1 aromatic carbocycles. The van der Waals surface area contributed by atoms with Gasteiger partial charge in [0.15, 0.2) is 0 Å². The van der Waals surface area contributed by atoms with Crippen LogP contribution in [0, 0.1) is 10.1 Å². The van der Waals surface area contributed by atoms with Crippen molar-refractivity contribution in [3.8, 4) is 0 Å². The number of rotatable bonds is 4. The molecule has 1 N–H and O–H groups in total. The zero-order valence-electron chi connectivity index (χ0n) is 9.21. The summed E-state index contributed by atoms with van der Waals surface area (Å²) in [5.41, 5.74) is 1.49. The molecule has 1 aromatic heterocycles. The topological polar surface area (TPSA) is 81.0 Å². The van der Waals surface area contributed by atoms with Crippen LogP contribution in [0.25, 0.3) is 0 Å². The van der Waals surface area contributed by atoms with E-state index in [1.54, 1.807) is 18.5 Å². The standard InChI is InChI=1S/C11H9ClN4O2/c12-10-3-9(16(17)18)1-2-11(10)15-6-8-4-13-7-14-5-8/h1-5,7,15H,6H2. The van der Waals surface area contributed by atoms with E-state index >= 15 is 0 Å². The zero-order valence-corrected chi connectivity index (χ0v) is 9.96. The van der Waals surface area contributed by atoms with E-state index in [0.29, 0.717) is 17.3 Å². The molecule has 0 saturated heterocycles. The maximum absolute atomic E-state index is 10.6. The Morgan fingerprint density at radius 3 is 2.67 bits per heavy atom. The summed E-state index contributed by atoms with van der Waals surface area (Å²) < 4.78 is 0. The minimum Gasteiger partial charge on any atom is -0.380 e. The summed E-state index contributed by atoms with van der Waals surface area (Å²) >= 11 is 5.94. The van der Waals surface area contributed by atoms with Gasteiger partial charge in [-0.3, -0.25) is 10.1 Å². The van der Waals surface area contributed by atoms with Gasteiger partial charge < -0.3 is 5.32 Å². The van der Waals surface area contributed by atoms with Gasteiger partial charge in [0.1, 0.15) is 6.33 Å². The fraction of sp³-hybridized carbons (Fsp3) is 0.0909. The molecule has 2 rings (SSSR count). The summed E-state index contributed by atoms with van der Waals surface area (Å²) in [6.45, 7) is 0.498. The van der Waals surface area contributed by atoms with Crippen LogP contribution < -0.4 is 5.32 Å². The van der Waals surface area contributed by atoms with Gasteiger partial charge in [-0.25, -0.2) is 9.97 Å². The van der Waals surface area contributed by atoms with Crippen molar-refractivity contribution in [2.75, 3.05) is 5.32 Å². The molecular formula is C11H9ClN4O2. The lowest BCUT2D eigenvalue weighted by Gasteiger charge is -2.07. The number of nitrogens with zero attached hydrogens (tertiary/aromatic N) is 3. The second-order valence-corrected chi connectivity index (χ2v) is 3.93. The van der Waals surface area contributed by atoms with Gasteiger partial charge in [-0.1, -0.05) is 11.6 Å². The van der Waals surface area contributed by atoms with Gasteiger partial charge in [0.25, 0.3) is 5.69 Å². The van der Waals surface area contributed by atoms with E-state index in [1.165, 1.54) is 18.5 Å². The summed E-state index contributed by atoms with van der Waals surface area (Å²) in [4.78, 5) is 17.8. The molecule has 0 fully saturated rings. The van der Waals surface area contributed by atoms with Crippen molar-refractivity contribution in [1.29, 1.82) is 0 Å². The molecule has 0 aliphatic heterocycles. The van der Waals surface area contributed by atoms with Crippen molar-refractivity contribution in [3.05, 3.63) is 57.6 Å². The first-order chi connectivity index (χ1) is 8.66. The van der Waals surface area contributed by atoms with Gasteiger partial charge in [0, 0.05) is 36.6 Å². The van der Waals surface area contributed by atoms with E-state index in [4.69, 9.17) is 11.6 Å². The number of non-ortho nitro benzene ring substituents is 1. The highest BCUT2D eigenvalue weighted by Gasteiger charge is 2.08. The van der Waals surface area contributed by atoms with Crippen molar-refractivity contribution >= 4 is 23.0 Å². The molecule has 0 aliphatic carbocycles. The summed E-state index contributed by atoms with van der Waals surface area (Å²) in [5.74, 6) is 0. The maximum Gasteiger partial charge on any atom is 0.271 e. The largest absolute Gasteiger partial charge is 0.380 e. The number of benzene rings is 1. The Labute approximate surface area is 108 Å². The first-order valence-electron chi connectivity index (χ1n) is 5.08. The molecule has 0 saturated carbocycles. The molecule has 0 spiro atoms. The summed E-state index contributed by atoms with van der Waals surface area (Å²) in [7, 11) is 0. The molecule has 1 heterocycles. The summed E-state index contributed by atoms with van der Waals surface area (Å²) in [6, 6.07) is 4.28. The average molecular weight is 265 g/mol. The Hall–Kier alpha value is -2.21. The number of hydrogen-bond acceptors (Lipinski definition) is 5. The molecule has 0 radical (unpaired) electrons. The Bertz CT molecular complexity index is 562. The van der Waals surface area contributed by atoms with Crippen LogP contribution in [-0.2, 0) is 6.54 Å². The number of halogens is 1. The lowest BCUT2D eigenvalue weighted by molar-refractivity contribution is -0.384. The third-order valence-electron chi connectivity index (χ3n) is 2.26. The van der Waals surface area contributed by atoms with Crippen LogP contribution in [0.1, 0.15) is 5.56 Å². The number of nitro groups is 1. The van der Waals surface area contributed by atoms with Crippen LogP contribution in [-0.4, -0.2) is 14.9 Å². The molecule has 0 atom stereocenters. The molecule has 0 amide bonds. The Kier molecular flexibility index (Phi) is 3.69. The molecule has 92 valence electrons. The van der Waals surface area contributed by atoms with Crippen molar-refractivity contribution in [2.24, 2.45) is 0 Å². The van der Waals surface area contributed by atoms with E-state index in [-0.39, 0.29) is 5.69 Å². The monoisotopic (exact) mass is 264 g/mol. The zero-order chi connectivity index (χ0) is 13.0. The minimum atomic E-state index is -0.485. The lowest BCUT2D eigenvalue weighted by Crippen LogP contribution is -2.01. The molecule has 18 heavy (non-hydrogen) atoms. The Morgan fingerprint density at radius 1 is 1.33 bits per heavy atom. The fourth-order valence-electron chi connectivity index (χ4n) is 1.38. The molecule has 0 aliphatic rings. The summed E-state index contributed by atoms with van der Waals surface area (Å²) in [5, 5.41) is 13.9. The van der Waals surface area contributed by atoms with Gasteiger partial charge in [-0.15, -0.1) is 0 Å². The highest BCUT2D eigenvalue weighted by Crippen LogP contribution is 2.26. The summed E-state index contributed by atoms with van der Waals surface area (Å²) in [6.07, 6.45) is 4.81. The van der Waals surface area contributed by atoms with Crippen molar-refractivity contribution < 1.29 is 4.92 Å². The quantitative estimate of drug-likeness (QED) is 0.678. The number of nitro benzene ring substituents is 1. The normalized spacial score (nSPS) is 10.1. The molecule has 0 bridgehead atoms. The minimum absolute atomic E-state index is 0.0337. The van der Waals surface area contributed by atoms with Crippen LogP contribution in [0.2, 0.25) is 5.02 Å². The Balaban J connectivity index is 2.08. The van der Waals surface area contributed by atoms with Gasteiger partial charge in [-0.05, 0) is 6.07 Å². The van der Waals surface area contributed by atoms with Gasteiger partial charge in [0.05, 0.1) is 15.6 Å². The van der Waals surface area contributed by atoms with Crippen molar-refractivity contribution in [2.45, 2.75) is 6.54 Å². The van der Waals surface area contributed by atoms with Crippen LogP contribution in [0.3, 0.4) is 0 Å². The van der Waals surface area contributed by atoms with Crippen LogP contribution in [0.4, 0.5) is 11.4 Å². The lowest BCUT2D eigenvalue weighted by atomic mass is 10.2. The van der Waals surface area contributed by atoms with E-state index in [1.807, 2.05) is 0 Å². The third kappa shape index (κ3) is 2.92. The molecule has 6 nitrogen and oxygen atoms in total. The maximum atomic E-state index is 10.6. The number of hydrogen-bond donors (Lipinski definition) is 1. The SMILES string of the molecule is O=[N+]([O-])c1ccc(NCc2cncnc2)c(Cl)c1. The highest BCUT2D eigenvalue weighted by atomic mass is 35.5. The van der Waals surface area contributed by atoms with Crippen molar-refractivity contribution in [3.63, 3.8) is 0 Å². The smallest absolute Gasteiger partial charge is 0.271 e. The number of anilines is 1. The van der Waals surface area contributed by atoms with E-state index in [0.717, 1.165) is 5.56 Å². The molecule has 2 aromatic rings. The van der Waals surface area contributed by atoms with Crippen LogP contribution >= 0.6 is 11.6 Å². The van der Waals surface area contributed by atoms with Crippen LogP contribution in [0.15, 0.2) is 36.9 Å². The predicted molar refractivity (Wildman–Crippen MR) is 67.5 cm³/mol. The van der Waals surface area contributed by atoms with Gasteiger partial charge >= 0.3 is 0 Å². The second-order valence-electron chi connectivity index (χ2n) is 3.52. The average Bonchev–Trinajstić information content (AvgIpc) is 2.38.